The van der Waals surface area contributed by atoms with Crippen LogP contribution in [0.1, 0.15) is 29.3 Å². The minimum absolute atomic E-state index is 0.113. The zero-order valence-electron chi connectivity index (χ0n) is 17.8. The first-order chi connectivity index (χ1) is 15.3. The van der Waals surface area contributed by atoms with Crippen molar-refractivity contribution in [3.63, 3.8) is 0 Å². The Kier molecular flexibility index (Phi) is 7.87. The molecule has 0 aliphatic carbocycles. The average Bonchev–Trinajstić information content (AvgIpc) is 2.85. The van der Waals surface area contributed by atoms with E-state index < -0.39 is 0 Å². The number of ether oxygens (including phenoxy) is 2. The molecule has 3 nitrogen and oxygen atoms in total. The molecule has 0 aromatic heterocycles. The van der Waals surface area contributed by atoms with E-state index in [1.165, 1.54) is 5.56 Å². The molecule has 1 aliphatic heterocycles. The van der Waals surface area contributed by atoms with Gasteiger partial charge in [0.05, 0.1) is 5.38 Å². The van der Waals surface area contributed by atoms with Gasteiger partial charge in [0.2, 0.25) is 0 Å². The number of alkyl halides is 1. The molecular formula is C27H30ClNO2. The first-order valence-corrected chi connectivity index (χ1v) is 11.5. The quantitative estimate of drug-likeness (QED) is 0.366. The molecule has 0 amide bonds. The summed E-state index contributed by atoms with van der Waals surface area (Å²) in [6, 6.07) is 28.5. The molecular weight excluding hydrogens is 406 g/mol. The third-order valence-corrected chi connectivity index (χ3v) is 6.52. The van der Waals surface area contributed by atoms with Gasteiger partial charge in [-0.25, -0.2) is 0 Å². The topological polar surface area (TPSA) is 21.7 Å². The monoisotopic (exact) mass is 435 g/mol. The van der Waals surface area contributed by atoms with Crippen molar-refractivity contribution in [1.29, 1.82) is 0 Å². The molecule has 0 spiro atoms. The zero-order valence-corrected chi connectivity index (χ0v) is 18.6. The highest BCUT2D eigenvalue weighted by atomic mass is 35.5. The van der Waals surface area contributed by atoms with Crippen LogP contribution in [0.3, 0.4) is 0 Å². The number of likely N-dealkylation sites (tertiary alicyclic amines) is 1. The maximum atomic E-state index is 6.73. The molecule has 1 unspecified atom stereocenters. The summed E-state index contributed by atoms with van der Waals surface area (Å²) in [5, 5.41) is 0.113. The van der Waals surface area contributed by atoms with Gasteiger partial charge in [-0.2, -0.15) is 0 Å². The lowest BCUT2D eigenvalue weighted by atomic mass is 9.89. The number of rotatable bonds is 9. The first kappa shape index (κ1) is 21.7. The molecule has 1 atom stereocenters. The Morgan fingerprint density at radius 2 is 1.35 bits per heavy atom. The Morgan fingerprint density at radius 3 is 2.00 bits per heavy atom. The second-order valence-corrected chi connectivity index (χ2v) is 8.56. The summed E-state index contributed by atoms with van der Waals surface area (Å²) in [5.41, 5.74) is 2.40. The van der Waals surface area contributed by atoms with Crippen molar-refractivity contribution in [3.8, 4) is 11.5 Å². The van der Waals surface area contributed by atoms with E-state index in [4.69, 9.17) is 21.1 Å². The van der Waals surface area contributed by atoms with Gasteiger partial charge >= 0.3 is 0 Å². The van der Waals surface area contributed by atoms with Crippen LogP contribution in [0.4, 0.5) is 0 Å². The Bertz CT molecular complexity index is 894. The molecule has 4 heteroatoms. The molecule has 3 aromatic rings. The van der Waals surface area contributed by atoms with Crippen LogP contribution in [0.15, 0.2) is 84.9 Å². The van der Waals surface area contributed by atoms with E-state index in [0.717, 1.165) is 49.5 Å². The summed E-state index contributed by atoms with van der Waals surface area (Å²) in [5.74, 6) is 2.28. The molecule has 3 aromatic carbocycles. The van der Waals surface area contributed by atoms with Gasteiger partial charge in [-0.3, -0.25) is 4.90 Å². The molecule has 1 saturated heterocycles. The lowest BCUT2D eigenvalue weighted by molar-refractivity contribution is 0.153. The number of piperidine rings is 1. The van der Waals surface area contributed by atoms with Crippen LogP contribution >= 0.6 is 11.6 Å². The van der Waals surface area contributed by atoms with Gasteiger partial charge in [0.1, 0.15) is 24.7 Å². The van der Waals surface area contributed by atoms with E-state index >= 15 is 0 Å². The van der Waals surface area contributed by atoms with Gasteiger partial charge < -0.3 is 9.47 Å². The minimum Gasteiger partial charge on any atom is -0.492 e. The molecule has 4 rings (SSSR count). The highest BCUT2D eigenvalue weighted by molar-refractivity contribution is 6.21. The fourth-order valence-corrected chi connectivity index (χ4v) is 4.44. The lowest BCUT2D eigenvalue weighted by Gasteiger charge is -2.34. The van der Waals surface area contributed by atoms with E-state index in [-0.39, 0.29) is 5.38 Å². The maximum absolute atomic E-state index is 6.73. The minimum atomic E-state index is 0.113. The van der Waals surface area contributed by atoms with Crippen LogP contribution in [-0.2, 0) is 6.61 Å². The number of halogens is 1. The molecule has 1 aliphatic rings. The van der Waals surface area contributed by atoms with Crippen LogP contribution in [-0.4, -0.2) is 31.1 Å². The summed E-state index contributed by atoms with van der Waals surface area (Å²) < 4.78 is 11.8. The van der Waals surface area contributed by atoms with E-state index in [0.29, 0.717) is 19.1 Å². The second kappa shape index (κ2) is 11.2. The highest BCUT2D eigenvalue weighted by Gasteiger charge is 2.26. The van der Waals surface area contributed by atoms with Crippen LogP contribution in [0.5, 0.6) is 11.5 Å². The lowest BCUT2D eigenvalue weighted by Crippen LogP contribution is -2.37. The Labute approximate surface area is 190 Å². The summed E-state index contributed by atoms with van der Waals surface area (Å²) in [7, 11) is 0. The van der Waals surface area contributed by atoms with Crippen molar-refractivity contribution in [2.75, 3.05) is 26.2 Å². The third kappa shape index (κ3) is 6.49. The van der Waals surface area contributed by atoms with Crippen molar-refractivity contribution in [1.82, 2.24) is 4.90 Å². The van der Waals surface area contributed by atoms with E-state index in [1.807, 2.05) is 48.5 Å². The Balaban J connectivity index is 1.15. The molecule has 1 heterocycles. The Morgan fingerprint density at radius 1 is 0.774 bits per heavy atom. The van der Waals surface area contributed by atoms with Gasteiger partial charge in [-0.1, -0.05) is 60.7 Å². The van der Waals surface area contributed by atoms with E-state index in [9.17, 15) is 0 Å². The van der Waals surface area contributed by atoms with Crippen LogP contribution in [0, 0.1) is 5.92 Å². The third-order valence-electron chi connectivity index (χ3n) is 5.91. The van der Waals surface area contributed by atoms with Gasteiger partial charge in [0.25, 0.3) is 0 Å². The van der Waals surface area contributed by atoms with Crippen molar-refractivity contribution in [2.45, 2.75) is 24.8 Å². The molecule has 0 N–H and O–H groups in total. The number of benzene rings is 3. The average molecular weight is 436 g/mol. The maximum Gasteiger partial charge on any atom is 0.120 e. The first-order valence-electron chi connectivity index (χ1n) is 11.1. The predicted molar refractivity (Wildman–Crippen MR) is 127 cm³/mol. The molecule has 0 saturated carbocycles. The standard InChI is InChI=1S/C27H30ClNO2/c28-27(23-9-5-2-6-10-23)24-15-17-29(18-16-24)19-20-30-25-11-13-26(14-12-25)31-21-22-7-3-1-4-8-22/h1-14,24,27H,15-21H2. The summed E-state index contributed by atoms with van der Waals surface area (Å²) >= 11 is 6.73. The van der Waals surface area contributed by atoms with Crippen molar-refractivity contribution >= 4 is 11.6 Å². The highest BCUT2D eigenvalue weighted by Crippen LogP contribution is 2.35. The summed E-state index contributed by atoms with van der Waals surface area (Å²) in [4.78, 5) is 2.47. The van der Waals surface area contributed by atoms with Crippen molar-refractivity contribution in [3.05, 3.63) is 96.1 Å². The largest absolute Gasteiger partial charge is 0.492 e. The van der Waals surface area contributed by atoms with Gasteiger partial charge in [0.15, 0.2) is 0 Å². The predicted octanol–water partition coefficient (Wildman–Crippen LogP) is 6.34. The molecule has 31 heavy (non-hydrogen) atoms. The number of hydrogen-bond acceptors (Lipinski definition) is 3. The van der Waals surface area contributed by atoms with Gasteiger partial charge in [-0.15, -0.1) is 11.6 Å². The fourth-order valence-electron chi connectivity index (χ4n) is 4.04. The van der Waals surface area contributed by atoms with Crippen LogP contribution in [0.25, 0.3) is 0 Å². The number of hydrogen-bond donors (Lipinski definition) is 0. The number of nitrogens with zero attached hydrogens (tertiary/aromatic N) is 1. The van der Waals surface area contributed by atoms with Crippen LogP contribution < -0.4 is 9.47 Å². The second-order valence-electron chi connectivity index (χ2n) is 8.09. The van der Waals surface area contributed by atoms with E-state index in [1.54, 1.807) is 0 Å². The smallest absolute Gasteiger partial charge is 0.120 e. The van der Waals surface area contributed by atoms with Crippen molar-refractivity contribution < 1.29 is 9.47 Å². The molecule has 1 fully saturated rings. The van der Waals surface area contributed by atoms with Gasteiger partial charge in [0, 0.05) is 6.54 Å². The SMILES string of the molecule is ClC(c1ccccc1)C1CCN(CCOc2ccc(OCc3ccccc3)cc2)CC1. The fraction of sp³-hybridized carbons (Fsp3) is 0.333. The molecule has 162 valence electrons. The van der Waals surface area contributed by atoms with E-state index in [2.05, 4.69) is 41.3 Å². The summed E-state index contributed by atoms with van der Waals surface area (Å²) in [6.45, 7) is 4.37. The Hall–Kier alpha value is -2.49. The van der Waals surface area contributed by atoms with Crippen molar-refractivity contribution in [2.24, 2.45) is 5.92 Å². The molecule has 0 bridgehead atoms. The summed E-state index contributed by atoms with van der Waals surface area (Å²) in [6.07, 6.45) is 2.27. The normalized spacial score (nSPS) is 16.0. The molecule has 0 radical (unpaired) electrons. The van der Waals surface area contributed by atoms with Gasteiger partial charge in [-0.05, 0) is 67.2 Å². The zero-order chi connectivity index (χ0) is 21.3. The van der Waals surface area contributed by atoms with Crippen LogP contribution in [0.2, 0.25) is 0 Å².